The number of amides is 1. The van der Waals surface area contributed by atoms with Gasteiger partial charge in [0.1, 0.15) is 5.82 Å². The third-order valence-electron chi connectivity index (χ3n) is 4.88. The van der Waals surface area contributed by atoms with E-state index in [4.69, 9.17) is 16.6 Å². The van der Waals surface area contributed by atoms with Crippen molar-refractivity contribution in [2.45, 2.75) is 32.6 Å². The van der Waals surface area contributed by atoms with Crippen molar-refractivity contribution in [1.29, 1.82) is 0 Å². The van der Waals surface area contributed by atoms with Crippen LogP contribution in [-0.2, 0) is 11.2 Å². The first-order chi connectivity index (χ1) is 13.6. The third-order valence-corrected chi connectivity index (χ3v) is 5.95. The van der Waals surface area contributed by atoms with Crippen LogP contribution in [0.5, 0.6) is 0 Å². The first kappa shape index (κ1) is 21.0. The number of piperazine rings is 1. The van der Waals surface area contributed by atoms with Gasteiger partial charge >= 0.3 is 0 Å². The maximum absolute atomic E-state index is 11.7. The molecular formula is C20H28ClN5OS. The lowest BCUT2D eigenvalue weighted by Gasteiger charge is -2.34. The second-order valence-electron chi connectivity index (χ2n) is 7.08. The van der Waals surface area contributed by atoms with Gasteiger partial charge < -0.3 is 10.2 Å². The maximum Gasteiger partial charge on any atom is 0.220 e. The van der Waals surface area contributed by atoms with Crippen molar-refractivity contribution in [3.05, 3.63) is 40.7 Å². The van der Waals surface area contributed by atoms with Crippen LogP contribution in [0, 0.1) is 0 Å². The minimum absolute atomic E-state index is 0.169. The normalized spacial score (nSPS) is 15.0. The monoisotopic (exact) mass is 421 g/mol. The van der Waals surface area contributed by atoms with Crippen LogP contribution in [-0.4, -0.2) is 59.4 Å². The summed E-state index contributed by atoms with van der Waals surface area (Å²) >= 11 is 7.41. The number of halogens is 1. The molecule has 0 radical (unpaired) electrons. The van der Waals surface area contributed by atoms with Crippen LogP contribution in [0.2, 0.25) is 5.02 Å². The van der Waals surface area contributed by atoms with Crippen molar-refractivity contribution < 1.29 is 4.79 Å². The number of rotatable bonds is 9. The largest absolute Gasteiger partial charge is 0.355 e. The molecule has 1 saturated heterocycles. The van der Waals surface area contributed by atoms with Crippen molar-refractivity contribution >= 4 is 34.2 Å². The van der Waals surface area contributed by atoms with Gasteiger partial charge in [0.05, 0.1) is 0 Å². The van der Waals surface area contributed by atoms with Crippen molar-refractivity contribution in [2.24, 2.45) is 0 Å². The molecule has 0 saturated carbocycles. The molecule has 1 aromatic carbocycles. The Balaban J connectivity index is 1.39. The number of carbonyl (C=O) groups excluding carboxylic acids is 1. The molecule has 1 amide bonds. The first-order valence-electron chi connectivity index (χ1n) is 9.95. The molecule has 28 heavy (non-hydrogen) atoms. The Bertz CT molecular complexity index is 743. The molecule has 1 aromatic heterocycles. The van der Waals surface area contributed by atoms with E-state index in [0.717, 1.165) is 74.5 Å². The minimum Gasteiger partial charge on any atom is -0.355 e. The Morgan fingerprint density at radius 2 is 1.96 bits per heavy atom. The second kappa shape index (κ2) is 10.7. The highest BCUT2D eigenvalue weighted by molar-refractivity contribution is 7.09. The standard InChI is InChI=1S/C20H28ClN5OS/c1-2-3-4-19(27)22-9-10-25-11-13-26(14-12-25)20-23-18(24-28-20)15-16-5-7-17(21)8-6-16/h5-8H,2-4,9-15H2,1H3,(H,22,27). The molecule has 0 spiro atoms. The Labute approximate surface area is 176 Å². The number of benzene rings is 1. The molecule has 0 bridgehead atoms. The number of hydrogen-bond donors (Lipinski definition) is 1. The third kappa shape index (κ3) is 6.43. The molecule has 152 valence electrons. The molecule has 0 aliphatic carbocycles. The predicted molar refractivity (Wildman–Crippen MR) is 115 cm³/mol. The summed E-state index contributed by atoms with van der Waals surface area (Å²) in [5, 5.41) is 4.76. The number of carbonyl (C=O) groups is 1. The van der Waals surface area contributed by atoms with E-state index in [-0.39, 0.29) is 5.91 Å². The number of aromatic nitrogens is 2. The highest BCUT2D eigenvalue weighted by Gasteiger charge is 2.20. The van der Waals surface area contributed by atoms with Crippen LogP contribution in [0.25, 0.3) is 0 Å². The summed E-state index contributed by atoms with van der Waals surface area (Å²) in [5.74, 6) is 1.03. The fraction of sp³-hybridized carbons (Fsp3) is 0.550. The summed E-state index contributed by atoms with van der Waals surface area (Å²) in [4.78, 5) is 21.1. The van der Waals surface area contributed by atoms with Crippen LogP contribution in [0.1, 0.15) is 37.6 Å². The molecule has 8 heteroatoms. The van der Waals surface area contributed by atoms with Crippen LogP contribution in [0.4, 0.5) is 5.13 Å². The summed E-state index contributed by atoms with van der Waals surface area (Å²) in [7, 11) is 0. The average Bonchev–Trinajstić information content (AvgIpc) is 3.17. The molecule has 6 nitrogen and oxygen atoms in total. The van der Waals surface area contributed by atoms with E-state index >= 15 is 0 Å². The quantitative estimate of drug-likeness (QED) is 0.673. The van der Waals surface area contributed by atoms with Gasteiger partial charge in [-0.25, -0.2) is 4.98 Å². The molecule has 0 unspecified atom stereocenters. The molecule has 1 aliphatic rings. The number of anilines is 1. The number of nitrogens with one attached hydrogen (secondary N) is 1. The van der Waals surface area contributed by atoms with Gasteiger partial charge in [-0.05, 0) is 24.1 Å². The van der Waals surface area contributed by atoms with Gasteiger partial charge in [-0.2, -0.15) is 4.37 Å². The molecular weight excluding hydrogens is 394 g/mol. The summed E-state index contributed by atoms with van der Waals surface area (Å²) in [6.45, 7) is 7.59. The SMILES string of the molecule is CCCCC(=O)NCCN1CCN(c2nc(Cc3ccc(Cl)cc3)ns2)CC1. The van der Waals surface area contributed by atoms with Crippen molar-refractivity contribution in [3.63, 3.8) is 0 Å². The molecule has 1 N–H and O–H groups in total. The van der Waals surface area contributed by atoms with E-state index in [1.54, 1.807) is 0 Å². The highest BCUT2D eigenvalue weighted by Crippen LogP contribution is 2.21. The molecule has 1 aliphatic heterocycles. The fourth-order valence-corrected chi connectivity index (χ4v) is 4.03. The van der Waals surface area contributed by atoms with E-state index < -0.39 is 0 Å². The number of nitrogens with zero attached hydrogens (tertiary/aromatic N) is 4. The predicted octanol–water partition coefficient (Wildman–Crippen LogP) is 3.21. The van der Waals surface area contributed by atoms with Gasteiger partial charge in [-0.3, -0.25) is 9.69 Å². The average molecular weight is 422 g/mol. The van der Waals surface area contributed by atoms with Crippen molar-refractivity contribution in [1.82, 2.24) is 19.6 Å². The Kier molecular flexibility index (Phi) is 8.06. The van der Waals surface area contributed by atoms with Gasteiger partial charge in [-0.15, -0.1) is 0 Å². The zero-order valence-corrected chi connectivity index (χ0v) is 17.9. The smallest absolute Gasteiger partial charge is 0.220 e. The zero-order valence-electron chi connectivity index (χ0n) is 16.4. The lowest BCUT2D eigenvalue weighted by molar-refractivity contribution is -0.121. The lowest BCUT2D eigenvalue weighted by atomic mass is 10.1. The van der Waals surface area contributed by atoms with E-state index in [2.05, 4.69) is 26.4 Å². The molecule has 0 atom stereocenters. The lowest BCUT2D eigenvalue weighted by Crippen LogP contribution is -2.48. The van der Waals surface area contributed by atoms with E-state index in [0.29, 0.717) is 6.42 Å². The molecule has 2 heterocycles. The topological polar surface area (TPSA) is 61.4 Å². The van der Waals surface area contributed by atoms with Crippen molar-refractivity contribution in [2.75, 3.05) is 44.2 Å². The van der Waals surface area contributed by atoms with Crippen molar-refractivity contribution in [3.8, 4) is 0 Å². The Morgan fingerprint density at radius 1 is 1.21 bits per heavy atom. The first-order valence-corrected chi connectivity index (χ1v) is 11.1. The van der Waals surface area contributed by atoms with Crippen LogP contribution >= 0.6 is 23.1 Å². The van der Waals surface area contributed by atoms with E-state index in [9.17, 15) is 4.79 Å². The van der Waals surface area contributed by atoms with Crippen LogP contribution in [0.15, 0.2) is 24.3 Å². The molecule has 1 fully saturated rings. The molecule has 3 rings (SSSR count). The Hall–Kier alpha value is -1.70. The Morgan fingerprint density at radius 3 is 2.68 bits per heavy atom. The van der Waals surface area contributed by atoms with E-state index in [1.807, 2.05) is 24.3 Å². The van der Waals surface area contributed by atoms with Crippen LogP contribution in [0.3, 0.4) is 0 Å². The van der Waals surface area contributed by atoms with Gasteiger partial charge in [-0.1, -0.05) is 37.1 Å². The summed E-state index contributed by atoms with van der Waals surface area (Å²) in [6.07, 6.45) is 3.39. The van der Waals surface area contributed by atoms with Gasteiger partial charge in [0, 0.05) is 68.7 Å². The van der Waals surface area contributed by atoms with Gasteiger partial charge in [0.2, 0.25) is 11.0 Å². The second-order valence-corrected chi connectivity index (χ2v) is 8.25. The summed E-state index contributed by atoms with van der Waals surface area (Å²) in [5.41, 5.74) is 1.17. The van der Waals surface area contributed by atoms with Crippen LogP contribution < -0.4 is 10.2 Å². The maximum atomic E-state index is 11.7. The fourth-order valence-electron chi connectivity index (χ4n) is 3.17. The zero-order chi connectivity index (χ0) is 19.8. The summed E-state index contributed by atoms with van der Waals surface area (Å²) < 4.78 is 4.52. The van der Waals surface area contributed by atoms with Gasteiger partial charge in [0.15, 0.2) is 0 Å². The number of unbranched alkanes of at least 4 members (excludes halogenated alkanes) is 1. The highest BCUT2D eigenvalue weighted by atomic mass is 35.5. The number of hydrogen-bond acceptors (Lipinski definition) is 6. The summed E-state index contributed by atoms with van der Waals surface area (Å²) in [6, 6.07) is 7.83. The van der Waals surface area contributed by atoms with Gasteiger partial charge in [0.25, 0.3) is 0 Å². The van der Waals surface area contributed by atoms with E-state index in [1.165, 1.54) is 17.1 Å². The minimum atomic E-state index is 0.169. The molecule has 2 aromatic rings.